The van der Waals surface area contributed by atoms with Gasteiger partial charge in [-0.1, -0.05) is 66.2 Å². The summed E-state index contributed by atoms with van der Waals surface area (Å²) in [6.45, 7) is 2.24. The first kappa shape index (κ1) is 16.2. The quantitative estimate of drug-likeness (QED) is 0.479. The number of halogens is 1. The topological polar surface area (TPSA) is 9.23 Å². The molecule has 0 amide bonds. The summed E-state index contributed by atoms with van der Waals surface area (Å²) in [5.41, 5.74) is 1.49. The Morgan fingerprint density at radius 3 is 2.05 bits per heavy atom. The molecule has 1 nitrogen and oxygen atoms in total. The molecular formula is C19H20IOP. The van der Waals surface area contributed by atoms with Gasteiger partial charge in [0.15, 0.2) is 0 Å². The lowest BCUT2D eigenvalue weighted by Gasteiger charge is -2.29. The van der Waals surface area contributed by atoms with Crippen LogP contribution in [0.25, 0.3) is 0 Å². The molecule has 0 fully saturated rings. The largest absolute Gasteiger partial charge is 0.341 e. The summed E-state index contributed by atoms with van der Waals surface area (Å²) >= 11 is 2.48. The second kappa shape index (κ2) is 7.72. The van der Waals surface area contributed by atoms with Gasteiger partial charge in [-0.05, 0) is 48.8 Å². The molecule has 0 bridgehead atoms. The van der Waals surface area contributed by atoms with E-state index >= 15 is 0 Å². The van der Waals surface area contributed by atoms with Crippen LogP contribution in [0, 0.1) is 0 Å². The van der Waals surface area contributed by atoms with E-state index in [0.717, 1.165) is 6.42 Å². The summed E-state index contributed by atoms with van der Waals surface area (Å²) in [5, 5.41) is 2.58. The molecule has 1 atom stereocenters. The van der Waals surface area contributed by atoms with Crippen molar-refractivity contribution in [3.63, 3.8) is 0 Å². The molecule has 0 spiro atoms. The number of allylic oxidation sites excluding steroid dienone is 1. The molecule has 114 valence electrons. The van der Waals surface area contributed by atoms with Gasteiger partial charge >= 0.3 is 0 Å². The molecule has 2 aromatic rings. The van der Waals surface area contributed by atoms with Crippen LogP contribution in [-0.4, -0.2) is 6.10 Å². The lowest BCUT2D eigenvalue weighted by molar-refractivity contribution is 0.257. The molecule has 22 heavy (non-hydrogen) atoms. The van der Waals surface area contributed by atoms with Crippen LogP contribution in [-0.2, 0) is 4.52 Å². The fourth-order valence-corrected chi connectivity index (χ4v) is 5.50. The van der Waals surface area contributed by atoms with Crippen molar-refractivity contribution < 1.29 is 4.52 Å². The molecule has 0 unspecified atom stereocenters. The Balaban J connectivity index is 1.91. The van der Waals surface area contributed by atoms with Gasteiger partial charge in [-0.25, -0.2) is 0 Å². The molecule has 0 radical (unpaired) electrons. The van der Waals surface area contributed by atoms with Gasteiger partial charge in [0.25, 0.3) is 0 Å². The van der Waals surface area contributed by atoms with Crippen LogP contribution in [0.3, 0.4) is 0 Å². The van der Waals surface area contributed by atoms with Gasteiger partial charge in [0.05, 0.1) is 14.3 Å². The van der Waals surface area contributed by atoms with E-state index in [9.17, 15) is 0 Å². The highest BCUT2D eigenvalue weighted by molar-refractivity contribution is 14.1. The fourth-order valence-electron chi connectivity index (χ4n) is 2.70. The summed E-state index contributed by atoms with van der Waals surface area (Å²) in [4.78, 5) is 0. The average Bonchev–Trinajstić information content (AvgIpc) is 2.58. The Hall–Kier alpha value is -0.700. The monoisotopic (exact) mass is 422 g/mol. The van der Waals surface area contributed by atoms with E-state index in [-0.39, 0.29) is 6.10 Å². The Morgan fingerprint density at radius 2 is 1.50 bits per heavy atom. The summed E-state index contributed by atoms with van der Waals surface area (Å²) in [6.07, 6.45) is 3.83. The molecule has 0 aliphatic heterocycles. The third kappa shape index (κ3) is 3.79. The number of hydrogen-bond acceptors (Lipinski definition) is 1. The molecule has 0 saturated heterocycles. The van der Waals surface area contributed by atoms with Crippen LogP contribution in [0.2, 0.25) is 0 Å². The number of rotatable bonds is 4. The third-order valence-corrected chi connectivity index (χ3v) is 7.54. The highest BCUT2D eigenvalue weighted by Crippen LogP contribution is 2.42. The van der Waals surface area contributed by atoms with Crippen LogP contribution in [0.15, 0.2) is 69.8 Å². The zero-order valence-corrected chi connectivity index (χ0v) is 15.8. The first-order valence-electron chi connectivity index (χ1n) is 7.68. The van der Waals surface area contributed by atoms with E-state index < -0.39 is 8.15 Å². The molecule has 3 rings (SSSR count). The molecule has 0 heterocycles. The highest BCUT2D eigenvalue weighted by Gasteiger charge is 2.25. The van der Waals surface area contributed by atoms with Crippen molar-refractivity contribution in [1.82, 2.24) is 0 Å². The van der Waals surface area contributed by atoms with Crippen molar-refractivity contribution >= 4 is 41.3 Å². The first-order valence-corrected chi connectivity index (χ1v) is 10.0. The number of hydrogen-bond donors (Lipinski definition) is 0. The van der Waals surface area contributed by atoms with Crippen LogP contribution in [0.4, 0.5) is 0 Å². The average molecular weight is 422 g/mol. The number of benzene rings is 2. The van der Waals surface area contributed by atoms with Gasteiger partial charge in [-0.15, -0.1) is 0 Å². The lowest BCUT2D eigenvalue weighted by Crippen LogP contribution is -2.22. The van der Waals surface area contributed by atoms with E-state index in [1.807, 2.05) is 0 Å². The summed E-state index contributed by atoms with van der Waals surface area (Å²) in [7, 11) is -0.758. The van der Waals surface area contributed by atoms with Gasteiger partial charge in [0, 0.05) is 14.2 Å². The molecule has 2 aromatic carbocycles. The van der Waals surface area contributed by atoms with Gasteiger partial charge in [0.1, 0.15) is 0 Å². The van der Waals surface area contributed by atoms with Gasteiger partial charge in [0.2, 0.25) is 0 Å². The maximum Gasteiger partial charge on any atom is 0.0932 e. The Bertz CT molecular complexity index is 599. The molecule has 0 aromatic heterocycles. The van der Waals surface area contributed by atoms with Crippen molar-refractivity contribution in [3.05, 3.63) is 69.8 Å². The standard InChI is InChI=1S/C19H20IOP/c1-15-9-8-14-18(19(15)20)21-22(16-10-4-2-5-11-16)17-12-6-3-7-13-17/h2-7,10-13,18H,8-9,14H2,1H3/t18-/m1/s1. The van der Waals surface area contributed by atoms with E-state index in [1.54, 1.807) is 0 Å². The molecule has 1 aliphatic rings. The molecule has 0 saturated carbocycles. The second-order valence-corrected chi connectivity index (χ2v) is 8.57. The normalized spacial score (nSPS) is 18.8. The predicted octanol–water partition coefficient (Wildman–Crippen LogP) is 5.31. The Kier molecular flexibility index (Phi) is 5.67. The molecule has 3 heteroatoms. The smallest absolute Gasteiger partial charge is 0.0932 e. The third-order valence-electron chi connectivity index (χ3n) is 3.92. The SMILES string of the molecule is CC1=C(I)[C@H](OP(c2ccccc2)c2ccccc2)CCC1. The van der Waals surface area contributed by atoms with Gasteiger partial charge < -0.3 is 4.52 Å². The highest BCUT2D eigenvalue weighted by atomic mass is 127. The summed E-state index contributed by atoms with van der Waals surface area (Å²) in [6, 6.07) is 21.3. The van der Waals surface area contributed by atoms with E-state index in [2.05, 4.69) is 90.2 Å². The van der Waals surface area contributed by atoms with Crippen LogP contribution >= 0.6 is 30.7 Å². The zero-order valence-electron chi connectivity index (χ0n) is 12.7. The van der Waals surface area contributed by atoms with Crippen molar-refractivity contribution in [1.29, 1.82) is 0 Å². The Labute approximate surface area is 147 Å². The minimum absolute atomic E-state index is 0.251. The Morgan fingerprint density at radius 1 is 0.955 bits per heavy atom. The summed E-state index contributed by atoms with van der Waals surface area (Å²) in [5.74, 6) is 0. The minimum Gasteiger partial charge on any atom is -0.341 e. The van der Waals surface area contributed by atoms with Crippen LogP contribution in [0.1, 0.15) is 26.2 Å². The summed E-state index contributed by atoms with van der Waals surface area (Å²) < 4.78 is 8.05. The molecule has 0 N–H and O–H groups in total. The maximum atomic E-state index is 6.65. The first-order chi connectivity index (χ1) is 10.8. The maximum absolute atomic E-state index is 6.65. The van der Waals surface area contributed by atoms with Crippen LogP contribution in [0.5, 0.6) is 0 Å². The van der Waals surface area contributed by atoms with E-state index in [0.29, 0.717) is 0 Å². The van der Waals surface area contributed by atoms with Gasteiger partial charge in [-0.3, -0.25) is 0 Å². The van der Waals surface area contributed by atoms with Crippen molar-refractivity contribution in [2.24, 2.45) is 0 Å². The second-order valence-electron chi connectivity index (χ2n) is 5.58. The molecular weight excluding hydrogens is 402 g/mol. The van der Waals surface area contributed by atoms with Crippen molar-refractivity contribution in [3.8, 4) is 0 Å². The lowest BCUT2D eigenvalue weighted by atomic mass is 9.99. The van der Waals surface area contributed by atoms with Crippen LogP contribution < -0.4 is 10.6 Å². The van der Waals surface area contributed by atoms with E-state index in [4.69, 9.17) is 4.52 Å². The predicted molar refractivity (Wildman–Crippen MR) is 105 cm³/mol. The fraction of sp³-hybridized carbons (Fsp3) is 0.263. The minimum atomic E-state index is -0.758. The van der Waals surface area contributed by atoms with Crippen molar-refractivity contribution in [2.45, 2.75) is 32.3 Å². The van der Waals surface area contributed by atoms with Crippen molar-refractivity contribution in [2.75, 3.05) is 0 Å². The van der Waals surface area contributed by atoms with E-state index in [1.165, 1.54) is 32.6 Å². The molecule has 1 aliphatic carbocycles. The van der Waals surface area contributed by atoms with Gasteiger partial charge in [-0.2, -0.15) is 0 Å². The zero-order chi connectivity index (χ0) is 15.4.